The predicted molar refractivity (Wildman–Crippen MR) is 125 cm³/mol. The number of carbonyl (C=O) groups is 1. The highest BCUT2D eigenvalue weighted by atomic mass is 32.1. The molecule has 1 amide bonds. The van der Waals surface area contributed by atoms with Crippen molar-refractivity contribution in [2.24, 2.45) is 0 Å². The minimum Gasteiger partial charge on any atom is -0.364 e. The Labute approximate surface area is 185 Å². The zero-order chi connectivity index (χ0) is 21.0. The fourth-order valence-electron chi connectivity index (χ4n) is 4.13. The standard InChI is InChI=1S/C25H25N3O2S/c29-25(18-30-17-24-26-22-10-3-4-11-23(22)31-24)28-14-12-27(13-15-28)16-20-8-5-7-19-6-1-2-9-21(19)20/h1-11H,12-18H2. The van der Waals surface area contributed by atoms with Crippen LogP contribution in [0.5, 0.6) is 0 Å². The second-order valence-electron chi connectivity index (χ2n) is 7.86. The molecule has 1 aliphatic rings. The third-order valence-corrected chi connectivity index (χ3v) is 6.80. The van der Waals surface area contributed by atoms with Crippen LogP contribution in [-0.2, 0) is 22.7 Å². The molecule has 2 heterocycles. The van der Waals surface area contributed by atoms with E-state index in [1.807, 2.05) is 23.1 Å². The van der Waals surface area contributed by atoms with Gasteiger partial charge in [-0.15, -0.1) is 11.3 Å². The molecule has 3 aromatic carbocycles. The van der Waals surface area contributed by atoms with Crippen LogP contribution < -0.4 is 0 Å². The maximum absolute atomic E-state index is 12.6. The molecule has 1 aliphatic heterocycles. The summed E-state index contributed by atoms with van der Waals surface area (Å²) in [5, 5.41) is 3.50. The molecule has 6 heteroatoms. The Morgan fingerprint density at radius 1 is 0.935 bits per heavy atom. The van der Waals surface area contributed by atoms with Crippen LogP contribution in [0, 0.1) is 0 Å². The molecular formula is C25H25N3O2S. The molecule has 5 nitrogen and oxygen atoms in total. The van der Waals surface area contributed by atoms with Gasteiger partial charge in [0.25, 0.3) is 0 Å². The molecule has 5 rings (SSSR count). The molecule has 1 aromatic heterocycles. The van der Waals surface area contributed by atoms with E-state index in [-0.39, 0.29) is 12.5 Å². The van der Waals surface area contributed by atoms with E-state index in [9.17, 15) is 4.79 Å². The summed E-state index contributed by atoms with van der Waals surface area (Å²) < 4.78 is 6.83. The second kappa shape index (κ2) is 9.14. The minimum absolute atomic E-state index is 0.0610. The van der Waals surface area contributed by atoms with Crippen molar-refractivity contribution in [2.45, 2.75) is 13.2 Å². The molecule has 0 aliphatic carbocycles. The molecule has 158 valence electrons. The summed E-state index contributed by atoms with van der Waals surface area (Å²) in [7, 11) is 0. The van der Waals surface area contributed by atoms with E-state index in [0.29, 0.717) is 6.61 Å². The van der Waals surface area contributed by atoms with Crippen LogP contribution in [-0.4, -0.2) is 53.5 Å². The topological polar surface area (TPSA) is 45.7 Å². The fraction of sp³-hybridized carbons (Fsp3) is 0.280. The number of para-hydroxylation sites is 1. The smallest absolute Gasteiger partial charge is 0.248 e. The van der Waals surface area contributed by atoms with E-state index in [0.717, 1.165) is 47.9 Å². The van der Waals surface area contributed by atoms with Crippen molar-refractivity contribution < 1.29 is 9.53 Å². The Balaban J connectivity index is 1.10. The minimum atomic E-state index is 0.0610. The largest absolute Gasteiger partial charge is 0.364 e. The van der Waals surface area contributed by atoms with Gasteiger partial charge in [0.15, 0.2) is 0 Å². The molecule has 0 N–H and O–H groups in total. The Morgan fingerprint density at radius 3 is 2.58 bits per heavy atom. The van der Waals surface area contributed by atoms with Crippen LogP contribution in [0.4, 0.5) is 0 Å². The number of benzene rings is 3. The van der Waals surface area contributed by atoms with Gasteiger partial charge in [0, 0.05) is 32.7 Å². The number of rotatable bonds is 6. The number of hydrogen-bond acceptors (Lipinski definition) is 5. The highest BCUT2D eigenvalue weighted by Crippen LogP contribution is 2.22. The van der Waals surface area contributed by atoms with Crippen molar-refractivity contribution in [2.75, 3.05) is 32.8 Å². The lowest BCUT2D eigenvalue weighted by molar-refractivity contribution is -0.138. The van der Waals surface area contributed by atoms with E-state index in [1.54, 1.807) is 11.3 Å². The summed E-state index contributed by atoms with van der Waals surface area (Å²) in [5.41, 5.74) is 2.33. The first-order valence-corrected chi connectivity index (χ1v) is 11.5. The number of aromatic nitrogens is 1. The van der Waals surface area contributed by atoms with E-state index in [4.69, 9.17) is 4.74 Å². The first-order chi connectivity index (χ1) is 15.3. The first-order valence-electron chi connectivity index (χ1n) is 10.7. The number of carbonyl (C=O) groups excluding carboxylic acids is 1. The molecule has 0 atom stereocenters. The van der Waals surface area contributed by atoms with Gasteiger partial charge in [-0.2, -0.15) is 0 Å². The van der Waals surface area contributed by atoms with Gasteiger partial charge in [-0.25, -0.2) is 4.98 Å². The van der Waals surface area contributed by atoms with Gasteiger partial charge in [-0.3, -0.25) is 9.69 Å². The van der Waals surface area contributed by atoms with Gasteiger partial charge in [0.1, 0.15) is 11.6 Å². The van der Waals surface area contributed by atoms with E-state index < -0.39 is 0 Å². The van der Waals surface area contributed by atoms with Crippen molar-refractivity contribution in [1.29, 1.82) is 0 Å². The highest BCUT2D eigenvalue weighted by Gasteiger charge is 2.21. The number of amides is 1. The molecule has 31 heavy (non-hydrogen) atoms. The molecule has 0 saturated carbocycles. The van der Waals surface area contributed by atoms with Crippen LogP contribution in [0.3, 0.4) is 0 Å². The van der Waals surface area contributed by atoms with Crippen molar-refractivity contribution in [3.63, 3.8) is 0 Å². The van der Waals surface area contributed by atoms with E-state index in [1.165, 1.54) is 16.3 Å². The monoisotopic (exact) mass is 431 g/mol. The SMILES string of the molecule is O=C(COCc1nc2ccccc2s1)N1CCN(Cc2cccc3ccccc23)CC1. The van der Waals surface area contributed by atoms with Crippen LogP contribution >= 0.6 is 11.3 Å². The number of piperazine rings is 1. The van der Waals surface area contributed by atoms with Crippen LogP contribution in [0.25, 0.3) is 21.0 Å². The molecule has 1 saturated heterocycles. The van der Waals surface area contributed by atoms with Gasteiger partial charge in [-0.1, -0.05) is 54.6 Å². The zero-order valence-corrected chi connectivity index (χ0v) is 18.2. The van der Waals surface area contributed by atoms with Crippen molar-refractivity contribution in [3.05, 3.63) is 77.3 Å². The Kier molecular flexibility index (Phi) is 5.93. The van der Waals surface area contributed by atoms with Gasteiger partial charge < -0.3 is 9.64 Å². The number of hydrogen-bond donors (Lipinski definition) is 0. The Bertz CT molecular complexity index is 1160. The average molecular weight is 432 g/mol. The molecule has 0 radical (unpaired) electrons. The van der Waals surface area contributed by atoms with Crippen LogP contribution in [0.15, 0.2) is 66.7 Å². The third kappa shape index (κ3) is 4.61. The second-order valence-corrected chi connectivity index (χ2v) is 8.98. The zero-order valence-electron chi connectivity index (χ0n) is 17.4. The summed E-state index contributed by atoms with van der Waals surface area (Å²) in [6.07, 6.45) is 0. The fourth-order valence-corrected chi connectivity index (χ4v) is 5.03. The van der Waals surface area contributed by atoms with E-state index in [2.05, 4.69) is 58.4 Å². The van der Waals surface area contributed by atoms with Gasteiger partial charge >= 0.3 is 0 Å². The molecule has 0 bridgehead atoms. The molecule has 0 spiro atoms. The van der Waals surface area contributed by atoms with Gasteiger partial charge in [0.2, 0.25) is 5.91 Å². The quantitative estimate of drug-likeness (QED) is 0.456. The normalized spacial score (nSPS) is 15.0. The first kappa shape index (κ1) is 20.1. The lowest BCUT2D eigenvalue weighted by Crippen LogP contribution is -2.49. The number of thiazole rings is 1. The molecule has 0 unspecified atom stereocenters. The number of ether oxygens (including phenoxy) is 1. The van der Waals surface area contributed by atoms with Crippen LogP contribution in [0.2, 0.25) is 0 Å². The predicted octanol–water partition coefficient (Wildman–Crippen LogP) is 4.31. The van der Waals surface area contributed by atoms with Gasteiger partial charge in [0.05, 0.1) is 16.8 Å². The van der Waals surface area contributed by atoms with Crippen LogP contribution in [0.1, 0.15) is 10.6 Å². The summed E-state index contributed by atoms with van der Waals surface area (Å²) in [4.78, 5) is 21.5. The Hall–Kier alpha value is -2.80. The van der Waals surface area contributed by atoms with Crippen molar-refractivity contribution in [1.82, 2.24) is 14.8 Å². The Morgan fingerprint density at radius 2 is 1.71 bits per heavy atom. The number of nitrogens with zero attached hydrogens (tertiary/aromatic N) is 3. The summed E-state index contributed by atoms with van der Waals surface area (Å²) in [5.74, 6) is 0.0610. The maximum Gasteiger partial charge on any atom is 0.248 e. The van der Waals surface area contributed by atoms with Crippen molar-refractivity contribution in [3.8, 4) is 0 Å². The summed E-state index contributed by atoms with van der Waals surface area (Å²) in [6.45, 7) is 4.66. The maximum atomic E-state index is 12.6. The molecule has 1 fully saturated rings. The lowest BCUT2D eigenvalue weighted by atomic mass is 10.0. The lowest BCUT2D eigenvalue weighted by Gasteiger charge is -2.34. The van der Waals surface area contributed by atoms with Crippen molar-refractivity contribution >= 4 is 38.2 Å². The van der Waals surface area contributed by atoms with E-state index >= 15 is 0 Å². The summed E-state index contributed by atoms with van der Waals surface area (Å²) >= 11 is 1.62. The van der Waals surface area contributed by atoms with Gasteiger partial charge in [-0.05, 0) is 28.5 Å². The molecule has 4 aromatic rings. The highest BCUT2D eigenvalue weighted by molar-refractivity contribution is 7.18. The molecular weight excluding hydrogens is 406 g/mol. The average Bonchev–Trinajstić information content (AvgIpc) is 3.23. The summed E-state index contributed by atoms with van der Waals surface area (Å²) in [6, 6.07) is 23.0. The third-order valence-electron chi connectivity index (χ3n) is 5.79. The number of fused-ring (bicyclic) bond motifs is 2.